The Hall–Kier alpha value is -1.31. The summed E-state index contributed by atoms with van der Waals surface area (Å²) in [6.07, 6.45) is 2.80. The molecule has 0 N–H and O–H groups in total. The van der Waals surface area contributed by atoms with Crippen LogP contribution in [0.1, 0.15) is 64.5 Å². The van der Waals surface area contributed by atoms with E-state index < -0.39 is 35.9 Å². The molecule has 0 bridgehead atoms. The third-order valence-corrected chi connectivity index (χ3v) is 29.0. The van der Waals surface area contributed by atoms with Gasteiger partial charge < -0.3 is 7.74 Å². The molecule has 0 fully saturated rings. The van der Waals surface area contributed by atoms with Crippen LogP contribution in [0.15, 0.2) is 58.3 Å². The van der Waals surface area contributed by atoms with Gasteiger partial charge in [0.2, 0.25) is 15.7 Å². The van der Waals surface area contributed by atoms with E-state index in [1.807, 2.05) is 41.5 Å². The fourth-order valence-corrected chi connectivity index (χ4v) is 31.4. The van der Waals surface area contributed by atoms with E-state index in [9.17, 15) is 16.8 Å². The van der Waals surface area contributed by atoms with Crippen molar-refractivity contribution in [2.75, 3.05) is 0 Å². The van der Waals surface area contributed by atoms with Crippen molar-refractivity contribution < 1.29 is 24.6 Å². The summed E-state index contributed by atoms with van der Waals surface area (Å²) >= 11 is 0. The lowest BCUT2D eigenvalue weighted by Crippen LogP contribution is -2.67. The van der Waals surface area contributed by atoms with Crippen LogP contribution in [0.25, 0.3) is 0 Å². The molecule has 0 aliphatic carbocycles. The first-order valence-electron chi connectivity index (χ1n) is 13.0. The number of hydrogen-bond acceptors (Lipinski definition) is 6. The Labute approximate surface area is 220 Å². The molecule has 36 heavy (non-hydrogen) atoms. The Kier molecular flexibility index (Phi) is 11.1. The van der Waals surface area contributed by atoms with Gasteiger partial charge in [-0.15, -0.1) is 0 Å². The van der Waals surface area contributed by atoms with E-state index in [2.05, 4.69) is 0 Å². The maximum atomic E-state index is 13.7. The van der Waals surface area contributed by atoms with Gasteiger partial charge in [-0.05, 0) is 62.3 Å². The number of benzene rings is 2. The molecule has 0 aliphatic heterocycles. The first-order valence-corrected chi connectivity index (χ1v) is 21.4. The molecule has 0 saturated carbocycles. The average molecular weight is 571 g/mol. The summed E-state index contributed by atoms with van der Waals surface area (Å²) < 4.78 is 67.4. The zero-order chi connectivity index (χ0) is 27.0. The normalized spacial score (nSPS) is 13.2. The van der Waals surface area contributed by atoms with Crippen LogP contribution >= 0.6 is 0 Å². The molecule has 0 atom stereocenters. The molecule has 0 spiro atoms. The molecule has 2 aromatic carbocycles. The standard InChI is InChI=1S/C26H42O6S2Si2/c1-7-19-35(20-8-2,31-33(27,28)25-15-11-23(5)12-16-25)36(21-9-3,22-10-4)32-34(29,30)26-17-13-24(6)14-18-26/h11-18H,7-10,19-22H2,1-6H3. The molecule has 0 radical (unpaired) electrons. The van der Waals surface area contributed by atoms with E-state index in [-0.39, 0.29) is 9.79 Å². The Balaban J connectivity index is 2.73. The number of hydrogen-bond donors (Lipinski definition) is 0. The Morgan fingerprint density at radius 3 is 1.00 bits per heavy atom. The minimum absolute atomic E-state index is 0.106. The van der Waals surface area contributed by atoms with E-state index in [4.69, 9.17) is 7.74 Å². The summed E-state index contributed by atoms with van der Waals surface area (Å²) in [4.78, 5) is 0.212. The van der Waals surface area contributed by atoms with Gasteiger partial charge in [-0.3, -0.25) is 0 Å². The highest BCUT2D eigenvalue weighted by atomic mass is 32.2. The van der Waals surface area contributed by atoms with Gasteiger partial charge in [-0.2, -0.15) is 16.8 Å². The summed E-state index contributed by atoms with van der Waals surface area (Å²) in [5, 5.41) is 0. The molecule has 0 unspecified atom stereocenters. The van der Waals surface area contributed by atoms with Crippen molar-refractivity contribution in [3.8, 4) is 0 Å². The molecule has 0 aliphatic rings. The highest BCUT2D eigenvalue weighted by Gasteiger charge is 2.61. The molecule has 10 heteroatoms. The maximum Gasteiger partial charge on any atom is 0.287 e. The van der Waals surface area contributed by atoms with Crippen molar-refractivity contribution in [1.82, 2.24) is 0 Å². The van der Waals surface area contributed by atoms with Crippen molar-refractivity contribution in [3.63, 3.8) is 0 Å². The summed E-state index contributed by atoms with van der Waals surface area (Å²) in [5.41, 5.74) is 1.90. The zero-order valence-corrected chi connectivity index (χ0v) is 26.2. The van der Waals surface area contributed by atoms with Crippen LogP contribution in [-0.4, -0.2) is 32.5 Å². The van der Waals surface area contributed by atoms with Crippen molar-refractivity contribution in [2.45, 2.75) is 101 Å². The van der Waals surface area contributed by atoms with Gasteiger partial charge in [-0.1, -0.05) is 88.8 Å². The molecular formula is C26H42O6S2Si2. The van der Waals surface area contributed by atoms with E-state index in [1.54, 1.807) is 48.5 Å². The van der Waals surface area contributed by atoms with Crippen molar-refractivity contribution >= 4 is 35.9 Å². The second-order valence-corrected chi connectivity index (χ2v) is 25.2. The van der Waals surface area contributed by atoms with E-state index >= 15 is 0 Å². The number of aryl methyl sites for hydroxylation is 2. The molecule has 0 heterocycles. The fraction of sp³-hybridized carbons (Fsp3) is 0.538. The Bertz CT molecular complexity index is 1070. The molecule has 0 amide bonds. The quantitative estimate of drug-likeness (QED) is 0.214. The van der Waals surface area contributed by atoms with Crippen LogP contribution in [0.2, 0.25) is 24.2 Å². The molecule has 202 valence electrons. The number of rotatable bonds is 15. The maximum absolute atomic E-state index is 13.7. The zero-order valence-electron chi connectivity index (χ0n) is 22.5. The second-order valence-electron chi connectivity index (χ2n) is 9.69. The van der Waals surface area contributed by atoms with E-state index in [1.165, 1.54) is 0 Å². The van der Waals surface area contributed by atoms with Crippen molar-refractivity contribution in [2.24, 2.45) is 0 Å². The van der Waals surface area contributed by atoms with E-state index in [0.29, 0.717) is 49.9 Å². The lowest BCUT2D eigenvalue weighted by Gasteiger charge is -2.45. The molecule has 2 aromatic rings. The lowest BCUT2D eigenvalue weighted by molar-refractivity contribution is 0.451. The minimum Gasteiger partial charge on any atom is -0.312 e. The predicted molar refractivity (Wildman–Crippen MR) is 151 cm³/mol. The smallest absolute Gasteiger partial charge is 0.287 e. The van der Waals surface area contributed by atoms with Gasteiger partial charge in [-0.25, -0.2) is 0 Å². The molecule has 0 aromatic heterocycles. The van der Waals surface area contributed by atoms with Crippen LogP contribution in [0, 0.1) is 13.8 Å². The minimum atomic E-state index is -4.10. The Morgan fingerprint density at radius 2 is 0.778 bits per heavy atom. The summed E-state index contributed by atoms with van der Waals surface area (Å²) in [7, 11) is -14.7. The average Bonchev–Trinajstić information content (AvgIpc) is 2.79. The fourth-order valence-electron chi connectivity index (χ4n) is 5.02. The third-order valence-electron chi connectivity index (χ3n) is 6.60. The van der Waals surface area contributed by atoms with Gasteiger partial charge in [0, 0.05) is 0 Å². The van der Waals surface area contributed by atoms with E-state index in [0.717, 1.165) is 11.1 Å². The van der Waals surface area contributed by atoms with Crippen molar-refractivity contribution in [1.29, 1.82) is 0 Å². The monoisotopic (exact) mass is 570 g/mol. The first kappa shape index (κ1) is 30.9. The highest BCUT2D eigenvalue weighted by molar-refractivity contribution is 7.90. The highest BCUT2D eigenvalue weighted by Crippen LogP contribution is 2.42. The lowest BCUT2D eigenvalue weighted by atomic mass is 10.2. The van der Waals surface area contributed by atoms with Crippen LogP contribution in [0.5, 0.6) is 0 Å². The summed E-state index contributed by atoms with van der Waals surface area (Å²) in [6.45, 7) is 11.8. The van der Waals surface area contributed by atoms with Gasteiger partial charge in [0.05, 0.1) is 9.79 Å². The van der Waals surface area contributed by atoms with Gasteiger partial charge >= 0.3 is 0 Å². The Morgan fingerprint density at radius 1 is 0.528 bits per heavy atom. The van der Waals surface area contributed by atoms with Crippen molar-refractivity contribution in [3.05, 3.63) is 59.7 Å². The molecular weight excluding hydrogens is 529 g/mol. The first-order chi connectivity index (χ1) is 16.9. The van der Waals surface area contributed by atoms with Gasteiger partial charge in [0.1, 0.15) is 0 Å². The summed E-state index contributed by atoms with van der Waals surface area (Å²) in [6, 6.07) is 15.4. The van der Waals surface area contributed by atoms with Gasteiger partial charge in [0.25, 0.3) is 20.2 Å². The largest absolute Gasteiger partial charge is 0.312 e. The van der Waals surface area contributed by atoms with Gasteiger partial charge in [0.15, 0.2) is 0 Å². The second kappa shape index (κ2) is 13.0. The third kappa shape index (κ3) is 7.17. The van der Waals surface area contributed by atoms with Crippen LogP contribution < -0.4 is 0 Å². The van der Waals surface area contributed by atoms with Crippen LogP contribution in [-0.2, 0) is 28.0 Å². The molecule has 6 nitrogen and oxygen atoms in total. The SMILES string of the molecule is CCC[Si](CCC)(OS(=O)(=O)c1ccc(C)cc1)[Si](CCC)(CCC)OS(=O)(=O)c1ccc(C)cc1. The molecule has 0 saturated heterocycles. The predicted octanol–water partition coefficient (Wildman–Crippen LogP) is 7.02. The topological polar surface area (TPSA) is 86.7 Å². The molecule has 2 rings (SSSR count). The van der Waals surface area contributed by atoms with Crippen LogP contribution in [0.3, 0.4) is 0 Å². The van der Waals surface area contributed by atoms with Crippen LogP contribution in [0.4, 0.5) is 0 Å². The summed E-state index contributed by atoms with van der Waals surface area (Å²) in [5.74, 6) is 0.